The number of carbonyl (C=O) groups is 3. The van der Waals surface area contributed by atoms with Crippen molar-refractivity contribution in [3.05, 3.63) is 46.4 Å². The van der Waals surface area contributed by atoms with Crippen LogP contribution >= 0.6 is 34.8 Å². The van der Waals surface area contributed by atoms with E-state index in [0.29, 0.717) is 4.31 Å². The van der Waals surface area contributed by atoms with Crippen LogP contribution in [0.4, 0.5) is 0 Å². The third-order valence-corrected chi connectivity index (χ3v) is 9.09. The van der Waals surface area contributed by atoms with Crippen molar-refractivity contribution in [3.8, 4) is 11.5 Å². The van der Waals surface area contributed by atoms with Gasteiger partial charge in [-0.15, -0.1) is 11.6 Å². The molecule has 0 aliphatic carbocycles. The minimum atomic E-state index is -4.11. The SMILES string of the molecule is CC(=O)O[C@H](COc1ccc(S(=O)(=O)c2cc(Cl)c(OC[C@H](CCl)OC(C)=O)c(Cl)c2)cc1)CN(C(C)=O)S(C)(=O)=O. The van der Waals surface area contributed by atoms with E-state index < -0.39 is 56.5 Å². The molecular weight excluding hydrogens is 661 g/mol. The highest BCUT2D eigenvalue weighted by Gasteiger charge is 2.27. The minimum Gasteiger partial charge on any atom is -0.490 e. The molecule has 42 heavy (non-hydrogen) atoms. The molecule has 0 bridgehead atoms. The number of alkyl halides is 1. The van der Waals surface area contributed by atoms with E-state index in [2.05, 4.69) is 0 Å². The molecule has 12 nitrogen and oxygen atoms in total. The van der Waals surface area contributed by atoms with Crippen molar-refractivity contribution in [1.29, 1.82) is 0 Å². The van der Waals surface area contributed by atoms with Crippen molar-refractivity contribution in [2.75, 3.05) is 31.9 Å². The summed E-state index contributed by atoms with van der Waals surface area (Å²) in [5.74, 6) is -1.96. The highest BCUT2D eigenvalue weighted by molar-refractivity contribution is 7.91. The number of ether oxygens (including phenoxy) is 4. The third kappa shape index (κ3) is 10.2. The van der Waals surface area contributed by atoms with Gasteiger partial charge in [-0.05, 0) is 36.4 Å². The van der Waals surface area contributed by atoms with Crippen molar-refractivity contribution in [2.45, 2.75) is 42.8 Å². The zero-order chi connectivity index (χ0) is 31.8. The van der Waals surface area contributed by atoms with Crippen LogP contribution in [0.1, 0.15) is 20.8 Å². The number of halogens is 3. The predicted octanol–water partition coefficient (Wildman–Crippen LogP) is 3.49. The Morgan fingerprint density at radius 1 is 0.810 bits per heavy atom. The summed E-state index contributed by atoms with van der Waals surface area (Å²) in [5.41, 5.74) is 0. The van der Waals surface area contributed by atoms with Crippen LogP contribution in [0.25, 0.3) is 0 Å². The second-order valence-corrected chi connectivity index (χ2v) is 13.7. The zero-order valence-electron chi connectivity index (χ0n) is 22.8. The van der Waals surface area contributed by atoms with Crippen LogP contribution in [0, 0.1) is 0 Å². The lowest BCUT2D eigenvalue weighted by atomic mass is 10.3. The Balaban J connectivity index is 2.19. The van der Waals surface area contributed by atoms with Gasteiger partial charge in [0.15, 0.2) is 11.9 Å². The second kappa shape index (κ2) is 15.1. The van der Waals surface area contributed by atoms with Crippen molar-refractivity contribution in [2.24, 2.45) is 0 Å². The van der Waals surface area contributed by atoms with E-state index >= 15 is 0 Å². The first-order chi connectivity index (χ1) is 19.4. The quantitative estimate of drug-likeness (QED) is 0.211. The highest BCUT2D eigenvalue weighted by atomic mass is 35.5. The maximum atomic E-state index is 13.2. The monoisotopic (exact) mass is 687 g/mol. The first-order valence-corrected chi connectivity index (χ1v) is 16.6. The molecule has 2 aromatic carbocycles. The van der Waals surface area contributed by atoms with Crippen molar-refractivity contribution in [3.63, 3.8) is 0 Å². The van der Waals surface area contributed by atoms with E-state index in [1.165, 1.54) is 31.2 Å². The van der Waals surface area contributed by atoms with Crippen LogP contribution < -0.4 is 9.47 Å². The van der Waals surface area contributed by atoms with Gasteiger partial charge in [0.25, 0.3) is 0 Å². The van der Waals surface area contributed by atoms with Gasteiger partial charge in [0.2, 0.25) is 25.8 Å². The lowest BCUT2D eigenvalue weighted by Gasteiger charge is -2.24. The molecule has 2 atom stereocenters. The van der Waals surface area contributed by atoms with Crippen LogP contribution in [-0.2, 0) is 43.7 Å². The summed E-state index contributed by atoms with van der Waals surface area (Å²) in [6.07, 6.45) is -1.08. The lowest BCUT2D eigenvalue weighted by Crippen LogP contribution is -2.43. The smallest absolute Gasteiger partial charge is 0.303 e. The number of sulfone groups is 1. The molecule has 0 saturated heterocycles. The number of sulfonamides is 1. The van der Waals surface area contributed by atoms with Crippen LogP contribution in [0.2, 0.25) is 10.0 Å². The Hall–Kier alpha value is -2.78. The first kappa shape index (κ1) is 35.4. The van der Waals surface area contributed by atoms with E-state index in [1.54, 1.807) is 0 Å². The molecule has 232 valence electrons. The molecule has 2 rings (SSSR count). The summed E-state index contributed by atoms with van der Waals surface area (Å²) >= 11 is 18.2. The third-order valence-electron chi connectivity index (χ3n) is 5.22. The molecule has 2 aromatic rings. The Labute approximate surface area is 258 Å². The molecule has 0 aliphatic heterocycles. The van der Waals surface area contributed by atoms with E-state index in [4.69, 9.17) is 53.8 Å². The number of hydrogen-bond acceptors (Lipinski definition) is 11. The Morgan fingerprint density at radius 2 is 1.31 bits per heavy atom. The average molecular weight is 689 g/mol. The molecule has 0 spiro atoms. The van der Waals surface area contributed by atoms with Crippen LogP contribution in [-0.4, -0.2) is 83.1 Å². The topological polar surface area (TPSA) is 160 Å². The van der Waals surface area contributed by atoms with Gasteiger partial charge in [-0.1, -0.05) is 23.2 Å². The summed E-state index contributed by atoms with van der Waals surface area (Å²) in [6.45, 7) is 2.40. The van der Waals surface area contributed by atoms with Gasteiger partial charge in [0, 0.05) is 20.8 Å². The fourth-order valence-electron chi connectivity index (χ4n) is 3.43. The molecule has 0 heterocycles. The highest BCUT2D eigenvalue weighted by Crippen LogP contribution is 2.37. The number of benzene rings is 2. The van der Waals surface area contributed by atoms with Crippen LogP contribution in [0.5, 0.6) is 11.5 Å². The van der Waals surface area contributed by atoms with Gasteiger partial charge < -0.3 is 18.9 Å². The lowest BCUT2D eigenvalue weighted by molar-refractivity contribution is -0.149. The average Bonchev–Trinajstić information content (AvgIpc) is 2.87. The summed E-state index contributed by atoms with van der Waals surface area (Å²) in [4.78, 5) is 34.1. The van der Waals surface area contributed by atoms with Crippen molar-refractivity contribution < 1.29 is 50.2 Å². The molecular formula is C25H28Cl3NO11S2. The zero-order valence-corrected chi connectivity index (χ0v) is 26.7. The molecule has 0 unspecified atom stereocenters. The predicted molar refractivity (Wildman–Crippen MR) is 153 cm³/mol. The second-order valence-electron chi connectivity index (χ2n) is 8.74. The maximum Gasteiger partial charge on any atom is 0.303 e. The Bertz CT molecular complexity index is 1490. The van der Waals surface area contributed by atoms with Gasteiger partial charge in [-0.3, -0.25) is 14.4 Å². The summed E-state index contributed by atoms with van der Waals surface area (Å²) in [6, 6.07) is 7.46. The largest absolute Gasteiger partial charge is 0.490 e. The molecule has 0 aliphatic rings. The van der Waals surface area contributed by atoms with Crippen LogP contribution in [0.15, 0.2) is 46.2 Å². The Kier molecular flexibility index (Phi) is 12.7. The van der Waals surface area contributed by atoms with E-state index in [9.17, 15) is 31.2 Å². The van der Waals surface area contributed by atoms with Gasteiger partial charge >= 0.3 is 11.9 Å². The van der Waals surface area contributed by atoms with E-state index in [-0.39, 0.29) is 50.4 Å². The molecule has 0 fully saturated rings. The van der Waals surface area contributed by atoms with E-state index in [1.807, 2.05) is 0 Å². The van der Waals surface area contributed by atoms with Crippen molar-refractivity contribution in [1.82, 2.24) is 4.31 Å². The van der Waals surface area contributed by atoms with Gasteiger partial charge in [-0.2, -0.15) is 0 Å². The number of esters is 2. The standard InChI is InChI=1S/C25H28Cl3NO11S2/c1-15(30)29(41(4,33)34)12-20(40-17(3)32)14-37-18-5-7-21(8-6-18)42(35,36)22-9-23(27)25(24(28)10-22)38-13-19(11-26)39-16(2)31/h5-10,19-20H,11-14H2,1-4H3/t19-,20-/m0/s1. The molecule has 0 N–H and O–H groups in total. The Morgan fingerprint density at radius 3 is 1.76 bits per heavy atom. The molecule has 0 saturated carbocycles. The number of hydrogen-bond donors (Lipinski definition) is 0. The molecule has 17 heteroatoms. The van der Waals surface area contributed by atoms with Gasteiger partial charge in [0.1, 0.15) is 25.1 Å². The summed E-state index contributed by atoms with van der Waals surface area (Å²) in [7, 11) is -8.04. The molecule has 0 radical (unpaired) electrons. The minimum absolute atomic E-state index is 0.0233. The number of amides is 1. The first-order valence-electron chi connectivity index (χ1n) is 11.9. The molecule has 1 amide bonds. The number of carbonyl (C=O) groups excluding carboxylic acids is 3. The van der Waals surface area contributed by atoms with Crippen molar-refractivity contribution >= 4 is 72.5 Å². The van der Waals surface area contributed by atoms with Gasteiger partial charge in [-0.25, -0.2) is 21.1 Å². The fourth-order valence-corrected chi connectivity index (χ4v) is 6.53. The van der Waals surface area contributed by atoms with E-state index in [0.717, 1.165) is 32.2 Å². The van der Waals surface area contributed by atoms with Crippen LogP contribution in [0.3, 0.4) is 0 Å². The fraction of sp³-hybridized carbons (Fsp3) is 0.400. The summed E-state index contributed by atoms with van der Waals surface area (Å²) in [5, 5.41) is -0.218. The summed E-state index contributed by atoms with van der Waals surface area (Å²) < 4.78 is 72.0. The molecule has 0 aromatic heterocycles. The normalized spacial score (nSPS) is 13.0. The number of nitrogens with zero attached hydrogens (tertiary/aromatic N) is 1. The van der Waals surface area contributed by atoms with Gasteiger partial charge in [0.05, 0.1) is 38.5 Å². The number of rotatable bonds is 14. The maximum absolute atomic E-state index is 13.2.